The number of benzene rings is 2. The van der Waals surface area contributed by atoms with E-state index in [1.807, 2.05) is 18.2 Å². The Balaban J connectivity index is 0.000000181. The smallest absolute Gasteiger partial charge is 0.122 e. The van der Waals surface area contributed by atoms with Gasteiger partial charge in [-0.15, -0.1) is 0 Å². The fraction of sp³-hybridized carbons (Fsp3) is 0.250. The van der Waals surface area contributed by atoms with Crippen LogP contribution < -0.4 is 9.47 Å². The summed E-state index contributed by atoms with van der Waals surface area (Å²) in [5.41, 5.74) is 0.881. The predicted octanol–water partition coefficient (Wildman–Crippen LogP) is 3.24. The molecule has 18 heavy (non-hydrogen) atoms. The molecule has 0 spiro atoms. The summed E-state index contributed by atoms with van der Waals surface area (Å²) in [6, 6.07) is 5.85. The third-order valence-electron chi connectivity index (χ3n) is 2.58. The largest absolute Gasteiger partial charge is 0.493 e. The van der Waals surface area contributed by atoms with E-state index >= 15 is 0 Å². The van der Waals surface area contributed by atoms with Gasteiger partial charge >= 0.3 is 0 Å². The Morgan fingerprint density at radius 3 is 2.83 bits per heavy atom. The van der Waals surface area contributed by atoms with Gasteiger partial charge < -0.3 is 9.47 Å². The van der Waals surface area contributed by atoms with Crippen LogP contribution in [0, 0.1) is 0 Å². The van der Waals surface area contributed by atoms with Crippen LogP contribution in [-0.4, -0.2) is 13.2 Å². The summed E-state index contributed by atoms with van der Waals surface area (Å²) in [7, 11) is 0. The summed E-state index contributed by atoms with van der Waals surface area (Å²) in [5.74, 6) is 0.614. The topological polar surface area (TPSA) is 18.5 Å². The van der Waals surface area contributed by atoms with Crippen molar-refractivity contribution in [3.63, 3.8) is 0 Å². The van der Waals surface area contributed by atoms with Gasteiger partial charge in [0.1, 0.15) is 11.5 Å². The molecular formula is C16H16O2. The van der Waals surface area contributed by atoms with E-state index < -0.39 is 48.4 Å². The lowest BCUT2D eigenvalue weighted by atomic mass is 10.2. The second kappa shape index (κ2) is 5.13. The van der Waals surface area contributed by atoms with Gasteiger partial charge in [-0.25, -0.2) is 0 Å². The van der Waals surface area contributed by atoms with Crippen molar-refractivity contribution in [3.8, 4) is 11.5 Å². The van der Waals surface area contributed by atoms with Gasteiger partial charge in [0.25, 0.3) is 0 Å². The van der Waals surface area contributed by atoms with Crippen LogP contribution in [0.15, 0.2) is 48.4 Å². The van der Waals surface area contributed by atoms with Crippen molar-refractivity contribution in [2.24, 2.45) is 0 Å². The molecule has 0 aromatic heterocycles. The summed E-state index contributed by atoms with van der Waals surface area (Å²) in [6.07, 6.45) is -1.53. The Morgan fingerprint density at radius 1 is 1.00 bits per heavy atom. The first-order chi connectivity index (χ1) is 12.1. The molecule has 0 radical (unpaired) electrons. The number of rotatable bonds is 0. The molecule has 2 aliphatic rings. The first-order valence-electron chi connectivity index (χ1n) is 9.58. The van der Waals surface area contributed by atoms with Gasteiger partial charge in [-0.3, -0.25) is 0 Å². The zero-order valence-electron chi connectivity index (χ0n) is 17.5. The van der Waals surface area contributed by atoms with Gasteiger partial charge in [-0.1, -0.05) is 36.3 Å². The van der Waals surface area contributed by atoms with Crippen molar-refractivity contribution >= 4 is 0 Å². The lowest BCUT2D eigenvalue weighted by molar-refractivity contribution is 0.356. The molecule has 2 aromatic carbocycles. The van der Waals surface area contributed by atoms with E-state index in [1.165, 1.54) is 5.56 Å². The fourth-order valence-corrected chi connectivity index (χ4v) is 1.72. The average Bonchev–Trinajstić information content (AvgIpc) is 3.13. The van der Waals surface area contributed by atoms with E-state index in [-0.39, 0.29) is 0 Å². The van der Waals surface area contributed by atoms with E-state index in [4.69, 9.17) is 20.4 Å². The number of fused-ring (bicyclic) bond motifs is 2. The van der Waals surface area contributed by atoms with Gasteiger partial charge in [0, 0.05) is 15.5 Å². The molecule has 2 heterocycles. The summed E-state index contributed by atoms with van der Waals surface area (Å²) in [6.45, 7) is -1.85. The maximum Gasteiger partial charge on any atom is 0.122 e. The van der Waals surface area contributed by atoms with Crippen LogP contribution in [0.2, 0.25) is 0 Å². The lowest BCUT2D eigenvalue weighted by Crippen LogP contribution is -1.85. The van der Waals surface area contributed by atoms with Crippen LogP contribution in [0.5, 0.6) is 11.5 Å². The number of hydrogen-bond acceptors (Lipinski definition) is 2. The Morgan fingerprint density at radius 2 is 1.89 bits per heavy atom. The Labute approximate surface area is 118 Å². The molecule has 4 rings (SSSR count). The summed E-state index contributed by atoms with van der Waals surface area (Å²) < 4.78 is 69.9. The predicted molar refractivity (Wildman–Crippen MR) is 71.3 cm³/mol. The van der Waals surface area contributed by atoms with Gasteiger partial charge in [0.05, 0.1) is 21.4 Å². The van der Waals surface area contributed by atoms with Crippen molar-refractivity contribution in [1.82, 2.24) is 0 Å². The number of ether oxygens (including phenoxy) is 2. The van der Waals surface area contributed by atoms with Gasteiger partial charge in [-0.2, -0.15) is 0 Å². The molecule has 0 atom stereocenters. The Kier molecular flexibility index (Phi) is 1.52. The molecule has 2 heteroatoms. The molecule has 2 aliphatic heterocycles. The third kappa shape index (κ3) is 2.33. The number of para-hydroxylation sites is 2. The molecule has 2 nitrogen and oxygen atoms in total. The van der Waals surface area contributed by atoms with Crippen LogP contribution in [0.3, 0.4) is 0 Å². The van der Waals surface area contributed by atoms with E-state index in [1.54, 1.807) is 0 Å². The zero-order valence-corrected chi connectivity index (χ0v) is 9.54. The molecule has 2 aromatic rings. The minimum atomic E-state index is -2.71. The highest BCUT2D eigenvalue weighted by Gasteiger charge is 2.09. The molecule has 0 aliphatic carbocycles. The van der Waals surface area contributed by atoms with Crippen LogP contribution >= 0.6 is 0 Å². The van der Waals surface area contributed by atoms with Gasteiger partial charge in [0.2, 0.25) is 0 Å². The van der Waals surface area contributed by atoms with Crippen molar-refractivity contribution in [2.75, 3.05) is 13.2 Å². The molecule has 0 fully saturated rings. The second-order valence-corrected chi connectivity index (χ2v) is 3.74. The highest BCUT2D eigenvalue weighted by molar-refractivity contribution is 5.36. The number of hydrogen-bond donors (Lipinski definition) is 0. The van der Waals surface area contributed by atoms with Crippen molar-refractivity contribution in [3.05, 3.63) is 59.6 Å². The SMILES string of the molecule is [2H]c1c([2H])c([2H])c2c(c1[2H])OC([2H])([2H])C2([2H])[2H].c1ccc2c(c1)CCO2. The maximum atomic E-state index is 7.59. The minimum absolute atomic E-state index is 0.453. The van der Waals surface area contributed by atoms with Crippen LogP contribution in [0.4, 0.5) is 0 Å². The van der Waals surface area contributed by atoms with E-state index in [2.05, 4.69) is 6.07 Å². The molecule has 0 bridgehead atoms. The molecule has 0 N–H and O–H groups in total. The van der Waals surface area contributed by atoms with Gasteiger partial charge in [-0.05, 0) is 23.2 Å². The van der Waals surface area contributed by atoms with Crippen molar-refractivity contribution < 1.29 is 20.4 Å². The first kappa shape index (κ1) is 5.35. The Bertz CT molecular complexity index is 843. The first-order valence-corrected chi connectivity index (χ1v) is 5.58. The van der Waals surface area contributed by atoms with E-state index in [0.29, 0.717) is 0 Å². The van der Waals surface area contributed by atoms with Crippen LogP contribution in [0.25, 0.3) is 0 Å². The van der Waals surface area contributed by atoms with Crippen LogP contribution in [-0.2, 0) is 12.8 Å². The van der Waals surface area contributed by atoms with E-state index in [9.17, 15) is 0 Å². The molecule has 0 saturated carbocycles. The minimum Gasteiger partial charge on any atom is -0.493 e. The third-order valence-corrected chi connectivity index (χ3v) is 2.58. The Hall–Kier alpha value is -1.96. The quantitative estimate of drug-likeness (QED) is 0.712. The molecule has 92 valence electrons. The van der Waals surface area contributed by atoms with Gasteiger partial charge in [0.15, 0.2) is 0 Å². The maximum absolute atomic E-state index is 7.59. The molecular weight excluding hydrogens is 224 g/mol. The standard InChI is InChI=1S/2C8H8O/c2*1-2-4-8-7(3-1)5-6-9-8/h2*1-4H,5-6H2/i1D,2D,3D,4D,5D2,6D2;. The zero-order chi connectivity index (χ0) is 19.3. The van der Waals surface area contributed by atoms with Crippen LogP contribution in [0.1, 0.15) is 22.1 Å². The van der Waals surface area contributed by atoms with Crippen molar-refractivity contribution in [1.29, 1.82) is 0 Å². The fourth-order valence-electron chi connectivity index (χ4n) is 1.72. The summed E-state index contributed by atoms with van der Waals surface area (Å²) in [5, 5.41) is 0. The summed E-state index contributed by atoms with van der Waals surface area (Å²) >= 11 is 0. The molecule has 0 unspecified atom stereocenters. The lowest BCUT2D eigenvalue weighted by Gasteiger charge is -1.93. The monoisotopic (exact) mass is 248 g/mol. The summed E-state index contributed by atoms with van der Waals surface area (Å²) in [4.78, 5) is 0. The second-order valence-electron chi connectivity index (χ2n) is 3.74. The van der Waals surface area contributed by atoms with E-state index in [0.717, 1.165) is 18.8 Å². The normalized spacial score (nSPS) is 26.7. The molecule has 0 saturated heterocycles. The van der Waals surface area contributed by atoms with Crippen molar-refractivity contribution in [2.45, 2.75) is 12.8 Å². The highest BCUT2D eigenvalue weighted by Crippen LogP contribution is 2.23. The average molecular weight is 248 g/mol. The molecule has 0 amide bonds. The highest BCUT2D eigenvalue weighted by atomic mass is 16.5.